The summed E-state index contributed by atoms with van der Waals surface area (Å²) in [5.74, 6) is 0. The standard InChI is InChI=1S/C27H33N3O2/c1-22-9-8-14-25(28-22)20-32-21-26(31)19-29-15-17-30(18-16-29)27(23-10-4-2-5-11-23)24-12-6-3-7-13-24/h2-14,26-27,31H,15-21H2,1H3. The van der Waals surface area contributed by atoms with E-state index >= 15 is 0 Å². The Hall–Kier alpha value is -2.57. The van der Waals surface area contributed by atoms with E-state index < -0.39 is 6.10 Å². The van der Waals surface area contributed by atoms with E-state index in [9.17, 15) is 5.11 Å². The summed E-state index contributed by atoms with van der Waals surface area (Å²) in [6.07, 6.45) is -0.495. The van der Waals surface area contributed by atoms with Crippen molar-refractivity contribution in [2.24, 2.45) is 0 Å². The molecule has 3 aromatic rings. The highest BCUT2D eigenvalue weighted by Gasteiger charge is 2.27. The maximum atomic E-state index is 10.5. The van der Waals surface area contributed by atoms with Crippen molar-refractivity contribution in [2.75, 3.05) is 39.3 Å². The van der Waals surface area contributed by atoms with Crippen LogP contribution in [-0.4, -0.2) is 65.3 Å². The Morgan fingerprint density at radius 3 is 2.06 bits per heavy atom. The molecule has 1 saturated heterocycles. The number of piperazine rings is 1. The number of hydrogen-bond acceptors (Lipinski definition) is 5. The summed E-state index contributed by atoms with van der Waals surface area (Å²) in [5, 5.41) is 10.5. The number of β-amino-alcohol motifs (C(OH)–C–C–N with tert-alkyl or cyclic N) is 1. The van der Waals surface area contributed by atoms with Crippen molar-refractivity contribution < 1.29 is 9.84 Å². The highest BCUT2D eigenvalue weighted by atomic mass is 16.5. The van der Waals surface area contributed by atoms with E-state index in [1.54, 1.807) is 0 Å². The molecule has 0 aliphatic carbocycles. The van der Waals surface area contributed by atoms with Crippen molar-refractivity contribution in [1.29, 1.82) is 0 Å². The number of ether oxygens (including phenoxy) is 1. The first-order valence-electron chi connectivity index (χ1n) is 11.4. The van der Waals surface area contributed by atoms with Gasteiger partial charge in [0.25, 0.3) is 0 Å². The predicted molar refractivity (Wildman–Crippen MR) is 127 cm³/mol. The average Bonchev–Trinajstić information content (AvgIpc) is 2.82. The first-order chi connectivity index (χ1) is 15.7. The maximum absolute atomic E-state index is 10.5. The Bertz CT molecular complexity index is 904. The second kappa shape index (κ2) is 11.3. The van der Waals surface area contributed by atoms with Gasteiger partial charge in [0, 0.05) is 38.4 Å². The predicted octanol–water partition coefficient (Wildman–Crippen LogP) is 3.67. The largest absolute Gasteiger partial charge is 0.389 e. The highest BCUT2D eigenvalue weighted by molar-refractivity contribution is 5.32. The lowest BCUT2D eigenvalue weighted by Crippen LogP contribution is -2.50. The first kappa shape index (κ1) is 22.6. The molecule has 1 unspecified atom stereocenters. The van der Waals surface area contributed by atoms with Gasteiger partial charge in [-0.1, -0.05) is 66.7 Å². The molecule has 1 aliphatic rings. The van der Waals surface area contributed by atoms with Crippen LogP contribution in [0.1, 0.15) is 28.6 Å². The fourth-order valence-electron chi connectivity index (χ4n) is 4.42. The Morgan fingerprint density at radius 1 is 0.844 bits per heavy atom. The summed E-state index contributed by atoms with van der Waals surface area (Å²) in [6.45, 7) is 7.17. The van der Waals surface area contributed by atoms with Crippen molar-refractivity contribution in [1.82, 2.24) is 14.8 Å². The van der Waals surface area contributed by atoms with E-state index in [0.717, 1.165) is 37.6 Å². The lowest BCUT2D eigenvalue weighted by atomic mass is 9.96. The summed E-state index contributed by atoms with van der Waals surface area (Å²) in [6, 6.07) is 27.6. The summed E-state index contributed by atoms with van der Waals surface area (Å²) >= 11 is 0. The van der Waals surface area contributed by atoms with Gasteiger partial charge >= 0.3 is 0 Å². The molecule has 4 rings (SSSR count). The quantitative estimate of drug-likeness (QED) is 0.560. The molecule has 32 heavy (non-hydrogen) atoms. The third-order valence-electron chi connectivity index (χ3n) is 5.98. The lowest BCUT2D eigenvalue weighted by Gasteiger charge is -2.40. The minimum Gasteiger partial charge on any atom is -0.389 e. The van der Waals surface area contributed by atoms with E-state index in [-0.39, 0.29) is 6.04 Å². The van der Waals surface area contributed by atoms with Gasteiger partial charge in [-0.15, -0.1) is 0 Å². The maximum Gasteiger partial charge on any atom is 0.0900 e. The minimum absolute atomic E-state index is 0.259. The molecule has 168 valence electrons. The fourth-order valence-corrected chi connectivity index (χ4v) is 4.42. The molecule has 1 N–H and O–H groups in total. The highest BCUT2D eigenvalue weighted by Crippen LogP contribution is 2.29. The summed E-state index contributed by atoms with van der Waals surface area (Å²) in [7, 11) is 0. The molecule has 5 heteroatoms. The molecular weight excluding hydrogens is 398 g/mol. The van der Waals surface area contributed by atoms with Crippen LogP contribution >= 0.6 is 0 Å². The van der Waals surface area contributed by atoms with Gasteiger partial charge in [0.2, 0.25) is 0 Å². The van der Waals surface area contributed by atoms with Crippen LogP contribution in [0.3, 0.4) is 0 Å². The third kappa shape index (κ3) is 6.24. The van der Waals surface area contributed by atoms with Crippen LogP contribution in [0.4, 0.5) is 0 Å². The van der Waals surface area contributed by atoms with Crippen molar-refractivity contribution in [3.8, 4) is 0 Å². The monoisotopic (exact) mass is 431 g/mol. The topological polar surface area (TPSA) is 48.8 Å². The average molecular weight is 432 g/mol. The first-order valence-corrected chi connectivity index (χ1v) is 11.4. The molecule has 0 bridgehead atoms. The van der Waals surface area contributed by atoms with E-state index in [1.807, 2.05) is 25.1 Å². The van der Waals surface area contributed by atoms with Gasteiger partial charge in [-0.2, -0.15) is 0 Å². The number of hydrogen-bond donors (Lipinski definition) is 1. The molecule has 2 aromatic carbocycles. The van der Waals surface area contributed by atoms with Crippen molar-refractivity contribution in [3.63, 3.8) is 0 Å². The number of aliphatic hydroxyl groups is 1. The Morgan fingerprint density at radius 2 is 1.47 bits per heavy atom. The molecular formula is C27H33N3O2. The SMILES string of the molecule is Cc1cccc(COCC(O)CN2CCN(C(c3ccccc3)c3ccccc3)CC2)n1. The Balaban J connectivity index is 1.28. The van der Waals surface area contributed by atoms with Gasteiger partial charge in [0.15, 0.2) is 0 Å². The molecule has 1 aliphatic heterocycles. The second-order valence-electron chi connectivity index (χ2n) is 8.50. The van der Waals surface area contributed by atoms with Crippen LogP contribution in [0.15, 0.2) is 78.9 Å². The molecule has 0 radical (unpaired) electrons. The Kier molecular flexibility index (Phi) is 8.02. The zero-order valence-corrected chi connectivity index (χ0v) is 18.8. The smallest absolute Gasteiger partial charge is 0.0900 e. The van der Waals surface area contributed by atoms with E-state index in [1.165, 1.54) is 11.1 Å². The molecule has 0 saturated carbocycles. The number of nitrogens with zero attached hydrogens (tertiary/aromatic N) is 3. The molecule has 1 fully saturated rings. The molecule has 1 atom stereocenters. The number of benzene rings is 2. The zero-order chi connectivity index (χ0) is 22.2. The van der Waals surface area contributed by atoms with E-state index in [4.69, 9.17) is 4.74 Å². The Labute approximate surface area is 191 Å². The number of aryl methyl sites for hydroxylation is 1. The van der Waals surface area contributed by atoms with Gasteiger partial charge in [0.05, 0.1) is 31.1 Å². The molecule has 1 aromatic heterocycles. The van der Waals surface area contributed by atoms with Crippen molar-refractivity contribution >= 4 is 0 Å². The van der Waals surface area contributed by atoms with Crippen LogP contribution in [-0.2, 0) is 11.3 Å². The number of aliphatic hydroxyl groups excluding tert-OH is 1. The third-order valence-corrected chi connectivity index (χ3v) is 5.98. The summed E-state index contributed by atoms with van der Waals surface area (Å²) in [4.78, 5) is 9.32. The van der Waals surface area contributed by atoms with Crippen molar-refractivity contribution in [2.45, 2.75) is 25.7 Å². The van der Waals surface area contributed by atoms with Crippen LogP contribution < -0.4 is 0 Å². The van der Waals surface area contributed by atoms with Gasteiger partial charge in [0.1, 0.15) is 0 Å². The molecule has 0 spiro atoms. The molecule has 0 amide bonds. The normalized spacial score (nSPS) is 16.3. The number of pyridine rings is 1. The van der Waals surface area contributed by atoms with Gasteiger partial charge in [-0.05, 0) is 30.2 Å². The van der Waals surface area contributed by atoms with Crippen LogP contribution in [0.2, 0.25) is 0 Å². The summed E-state index contributed by atoms with van der Waals surface area (Å²) in [5.41, 5.74) is 4.53. The summed E-state index contributed by atoms with van der Waals surface area (Å²) < 4.78 is 5.70. The van der Waals surface area contributed by atoms with Crippen LogP contribution in [0, 0.1) is 6.92 Å². The van der Waals surface area contributed by atoms with Gasteiger partial charge < -0.3 is 9.84 Å². The molecule has 2 heterocycles. The number of aromatic nitrogens is 1. The van der Waals surface area contributed by atoms with Crippen LogP contribution in [0.5, 0.6) is 0 Å². The second-order valence-corrected chi connectivity index (χ2v) is 8.50. The zero-order valence-electron chi connectivity index (χ0n) is 18.8. The minimum atomic E-state index is -0.495. The van der Waals surface area contributed by atoms with Crippen molar-refractivity contribution in [3.05, 3.63) is 101 Å². The lowest BCUT2D eigenvalue weighted by molar-refractivity contribution is -0.00146. The van der Waals surface area contributed by atoms with Gasteiger partial charge in [-0.3, -0.25) is 14.8 Å². The molecule has 5 nitrogen and oxygen atoms in total. The number of rotatable bonds is 9. The van der Waals surface area contributed by atoms with E-state index in [0.29, 0.717) is 19.8 Å². The van der Waals surface area contributed by atoms with Gasteiger partial charge in [-0.25, -0.2) is 0 Å². The van der Waals surface area contributed by atoms with E-state index in [2.05, 4.69) is 75.4 Å². The van der Waals surface area contributed by atoms with Crippen LogP contribution in [0.25, 0.3) is 0 Å². The fraction of sp³-hybridized carbons (Fsp3) is 0.370.